The average Bonchev–Trinajstić information content (AvgIpc) is 2.27. The molecule has 0 spiro atoms. The number of hydrogen-bond acceptors (Lipinski definition) is 4. The van der Waals surface area contributed by atoms with Crippen LogP contribution in [-0.4, -0.2) is 30.2 Å². The third-order valence-corrected chi connectivity index (χ3v) is 2.89. The predicted molar refractivity (Wildman–Crippen MR) is 65.3 cm³/mol. The van der Waals surface area contributed by atoms with Crippen LogP contribution in [0.2, 0.25) is 0 Å². The maximum atomic E-state index is 13.1. The minimum Gasteiger partial charge on any atom is -0.372 e. The Morgan fingerprint density at radius 1 is 1.39 bits per heavy atom. The van der Waals surface area contributed by atoms with E-state index in [1.807, 2.05) is 18.7 Å². The Labute approximate surface area is 104 Å². The molecule has 0 N–H and O–H groups in total. The number of nitro benzene ring substituents is 1. The van der Waals surface area contributed by atoms with E-state index in [2.05, 4.69) is 0 Å². The second kappa shape index (κ2) is 4.89. The summed E-state index contributed by atoms with van der Waals surface area (Å²) in [5, 5.41) is 11.0. The van der Waals surface area contributed by atoms with Gasteiger partial charge in [0.2, 0.25) is 0 Å². The van der Waals surface area contributed by atoms with Gasteiger partial charge in [0.1, 0.15) is 11.5 Å². The van der Waals surface area contributed by atoms with Crippen LogP contribution >= 0.6 is 0 Å². The molecule has 0 aromatic heterocycles. The van der Waals surface area contributed by atoms with Crippen LogP contribution in [0.3, 0.4) is 0 Å². The fraction of sp³-hybridized carbons (Fsp3) is 0.500. The lowest BCUT2D eigenvalue weighted by molar-refractivity contribution is -0.384. The normalized spacial score (nSPS) is 24.1. The number of nitrogens with zero attached hydrogens (tertiary/aromatic N) is 2. The molecule has 0 aliphatic carbocycles. The van der Waals surface area contributed by atoms with Crippen molar-refractivity contribution in [3.05, 3.63) is 34.1 Å². The molecule has 98 valence electrons. The lowest BCUT2D eigenvalue weighted by Gasteiger charge is -2.36. The van der Waals surface area contributed by atoms with Crippen LogP contribution in [-0.2, 0) is 4.74 Å². The molecule has 6 heteroatoms. The van der Waals surface area contributed by atoms with Crippen molar-refractivity contribution < 1.29 is 14.1 Å². The van der Waals surface area contributed by atoms with Crippen molar-refractivity contribution in [2.45, 2.75) is 26.1 Å². The van der Waals surface area contributed by atoms with Gasteiger partial charge in [0.25, 0.3) is 5.69 Å². The molecule has 2 rings (SSSR count). The van der Waals surface area contributed by atoms with Crippen LogP contribution < -0.4 is 4.90 Å². The summed E-state index contributed by atoms with van der Waals surface area (Å²) in [4.78, 5) is 12.3. The van der Waals surface area contributed by atoms with Gasteiger partial charge in [0.15, 0.2) is 0 Å². The van der Waals surface area contributed by atoms with Crippen LogP contribution in [0.1, 0.15) is 13.8 Å². The molecule has 2 unspecified atom stereocenters. The van der Waals surface area contributed by atoms with Crippen molar-refractivity contribution in [2.24, 2.45) is 0 Å². The minimum atomic E-state index is -0.597. The van der Waals surface area contributed by atoms with Crippen LogP contribution in [0.4, 0.5) is 15.8 Å². The number of anilines is 1. The van der Waals surface area contributed by atoms with Gasteiger partial charge in [0.05, 0.1) is 23.2 Å². The Kier molecular flexibility index (Phi) is 3.47. The lowest BCUT2D eigenvalue weighted by atomic mass is 10.1. The van der Waals surface area contributed by atoms with Crippen molar-refractivity contribution in [3.8, 4) is 0 Å². The molecule has 1 saturated heterocycles. The van der Waals surface area contributed by atoms with Gasteiger partial charge < -0.3 is 9.64 Å². The van der Waals surface area contributed by atoms with E-state index in [1.165, 1.54) is 12.1 Å². The average molecular weight is 254 g/mol. The molecule has 2 atom stereocenters. The van der Waals surface area contributed by atoms with Crippen LogP contribution in [0, 0.1) is 15.9 Å². The number of halogens is 1. The van der Waals surface area contributed by atoms with Crippen molar-refractivity contribution >= 4 is 11.4 Å². The van der Waals surface area contributed by atoms with Gasteiger partial charge in [-0.1, -0.05) is 0 Å². The van der Waals surface area contributed by atoms with Gasteiger partial charge >= 0.3 is 0 Å². The quantitative estimate of drug-likeness (QED) is 0.600. The lowest BCUT2D eigenvalue weighted by Crippen LogP contribution is -2.45. The van der Waals surface area contributed by atoms with Gasteiger partial charge in [0, 0.05) is 13.1 Å². The molecule has 1 heterocycles. The summed E-state index contributed by atoms with van der Waals surface area (Å²) in [6.07, 6.45) is -0.00295. The Morgan fingerprint density at radius 3 is 2.56 bits per heavy atom. The highest BCUT2D eigenvalue weighted by Crippen LogP contribution is 2.30. The van der Waals surface area contributed by atoms with Gasteiger partial charge in [-0.15, -0.1) is 0 Å². The first-order valence-electron chi connectivity index (χ1n) is 5.81. The number of rotatable bonds is 2. The molecule has 5 nitrogen and oxygen atoms in total. The van der Waals surface area contributed by atoms with Crippen molar-refractivity contribution in [1.29, 1.82) is 0 Å². The number of nitro groups is 1. The van der Waals surface area contributed by atoms with E-state index in [9.17, 15) is 14.5 Å². The molecule has 1 aliphatic rings. The zero-order chi connectivity index (χ0) is 13.3. The molecule has 1 fully saturated rings. The third-order valence-electron chi connectivity index (χ3n) is 2.89. The Hall–Kier alpha value is -1.69. The van der Waals surface area contributed by atoms with Crippen LogP contribution in [0.15, 0.2) is 18.2 Å². The second-order valence-corrected chi connectivity index (χ2v) is 4.55. The third kappa shape index (κ3) is 2.59. The van der Waals surface area contributed by atoms with Crippen molar-refractivity contribution in [3.63, 3.8) is 0 Å². The summed E-state index contributed by atoms with van der Waals surface area (Å²) in [7, 11) is 0. The van der Waals surface area contributed by atoms with Crippen molar-refractivity contribution in [2.75, 3.05) is 18.0 Å². The zero-order valence-electron chi connectivity index (χ0n) is 10.3. The Balaban J connectivity index is 2.35. The molecule has 1 aromatic carbocycles. The number of ether oxygens (including phenoxy) is 1. The van der Waals surface area contributed by atoms with E-state index in [1.54, 1.807) is 0 Å². The van der Waals surface area contributed by atoms with E-state index in [-0.39, 0.29) is 17.9 Å². The fourth-order valence-electron chi connectivity index (χ4n) is 2.28. The molecule has 0 amide bonds. The summed E-state index contributed by atoms with van der Waals surface area (Å²) in [5.41, 5.74) is 0.250. The first kappa shape index (κ1) is 12.8. The summed E-state index contributed by atoms with van der Waals surface area (Å²) < 4.78 is 18.7. The molecule has 0 bridgehead atoms. The smallest absolute Gasteiger partial charge is 0.295 e. The van der Waals surface area contributed by atoms with Gasteiger partial charge in [-0.25, -0.2) is 4.39 Å². The molecule has 0 saturated carbocycles. The van der Waals surface area contributed by atoms with E-state index in [0.29, 0.717) is 18.8 Å². The van der Waals surface area contributed by atoms with E-state index in [4.69, 9.17) is 4.74 Å². The van der Waals surface area contributed by atoms with Gasteiger partial charge in [-0.3, -0.25) is 10.1 Å². The summed E-state index contributed by atoms with van der Waals surface area (Å²) in [6, 6.07) is 3.66. The highest BCUT2D eigenvalue weighted by molar-refractivity contribution is 5.63. The van der Waals surface area contributed by atoms with E-state index in [0.717, 1.165) is 6.07 Å². The maximum absolute atomic E-state index is 13.1. The minimum absolute atomic E-state index is 0.00147. The Morgan fingerprint density at radius 2 is 2.00 bits per heavy atom. The first-order chi connectivity index (χ1) is 8.47. The van der Waals surface area contributed by atoms with Gasteiger partial charge in [-0.05, 0) is 26.0 Å². The topological polar surface area (TPSA) is 55.6 Å². The zero-order valence-corrected chi connectivity index (χ0v) is 10.3. The molecular weight excluding hydrogens is 239 g/mol. The summed E-state index contributed by atoms with van der Waals surface area (Å²) >= 11 is 0. The molecule has 18 heavy (non-hydrogen) atoms. The highest BCUT2D eigenvalue weighted by Gasteiger charge is 2.27. The first-order valence-corrected chi connectivity index (χ1v) is 5.81. The van der Waals surface area contributed by atoms with Crippen LogP contribution in [0.25, 0.3) is 0 Å². The molecular formula is C12H15FN2O3. The highest BCUT2D eigenvalue weighted by atomic mass is 19.1. The molecule has 1 aromatic rings. The summed E-state index contributed by atoms with van der Waals surface area (Å²) in [5.74, 6) is -0.597. The SMILES string of the molecule is CC1CN(c2ccc(F)cc2[N+](=O)[O-])CC(C)O1. The summed E-state index contributed by atoms with van der Waals surface area (Å²) in [6.45, 7) is 4.96. The Bertz CT molecular complexity index is 457. The number of benzene rings is 1. The largest absolute Gasteiger partial charge is 0.372 e. The van der Waals surface area contributed by atoms with E-state index >= 15 is 0 Å². The second-order valence-electron chi connectivity index (χ2n) is 4.55. The van der Waals surface area contributed by atoms with Crippen molar-refractivity contribution in [1.82, 2.24) is 0 Å². The standard InChI is InChI=1S/C12H15FN2O3/c1-8-6-14(7-9(2)18-8)11-4-3-10(13)5-12(11)15(16)17/h3-5,8-9H,6-7H2,1-2H3. The monoisotopic (exact) mass is 254 g/mol. The molecule has 0 radical (unpaired) electrons. The molecule has 1 aliphatic heterocycles. The predicted octanol–water partition coefficient (Wildman–Crippen LogP) is 2.35. The van der Waals surface area contributed by atoms with E-state index < -0.39 is 10.7 Å². The number of hydrogen-bond donors (Lipinski definition) is 0. The number of morpholine rings is 1. The van der Waals surface area contributed by atoms with Crippen LogP contribution in [0.5, 0.6) is 0 Å². The van der Waals surface area contributed by atoms with Gasteiger partial charge in [-0.2, -0.15) is 0 Å². The fourth-order valence-corrected chi connectivity index (χ4v) is 2.28. The maximum Gasteiger partial charge on any atom is 0.295 e.